The fraction of sp³-hybridized carbons (Fsp3) is 0.318. The molecular formula is C22H21NO4. The molecule has 0 saturated heterocycles. The highest BCUT2D eigenvalue weighted by Crippen LogP contribution is 2.66. The zero-order valence-corrected chi connectivity index (χ0v) is 15.6. The van der Waals surface area contributed by atoms with Gasteiger partial charge in [-0.2, -0.15) is 5.26 Å². The molecule has 2 aromatic carbocycles. The molecule has 0 aromatic heterocycles. The highest BCUT2D eigenvalue weighted by molar-refractivity contribution is 6.07. The van der Waals surface area contributed by atoms with Crippen LogP contribution in [0.2, 0.25) is 0 Å². The Balaban J connectivity index is 2.02. The van der Waals surface area contributed by atoms with Crippen LogP contribution in [0.25, 0.3) is 0 Å². The molecule has 5 heteroatoms. The normalized spacial score (nSPS) is 23.2. The third-order valence-electron chi connectivity index (χ3n) is 5.06. The molecule has 0 N–H and O–H groups in total. The predicted molar refractivity (Wildman–Crippen MR) is 99.4 cm³/mol. The average molecular weight is 363 g/mol. The average Bonchev–Trinajstić information content (AvgIpc) is 3.38. The van der Waals surface area contributed by atoms with Gasteiger partial charge in [-0.15, -0.1) is 0 Å². The van der Waals surface area contributed by atoms with Crippen LogP contribution in [0, 0.1) is 29.6 Å². The molecule has 0 heterocycles. The number of nitriles is 1. The van der Waals surface area contributed by atoms with Crippen LogP contribution in [0.1, 0.15) is 34.3 Å². The number of esters is 1. The van der Waals surface area contributed by atoms with E-state index in [0.29, 0.717) is 11.3 Å². The van der Waals surface area contributed by atoms with Gasteiger partial charge in [0.25, 0.3) is 0 Å². The number of benzene rings is 2. The van der Waals surface area contributed by atoms with Gasteiger partial charge >= 0.3 is 5.97 Å². The van der Waals surface area contributed by atoms with E-state index in [-0.39, 0.29) is 12.4 Å². The molecule has 1 unspecified atom stereocenters. The molecule has 1 aliphatic carbocycles. The Morgan fingerprint density at radius 2 is 1.89 bits per heavy atom. The lowest BCUT2D eigenvalue weighted by Gasteiger charge is -2.08. The van der Waals surface area contributed by atoms with E-state index in [1.165, 1.54) is 0 Å². The second-order valence-corrected chi connectivity index (χ2v) is 6.66. The molecule has 1 aliphatic rings. The fourth-order valence-corrected chi connectivity index (χ4v) is 3.69. The van der Waals surface area contributed by atoms with Crippen molar-refractivity contribution < 1.29 is 19.1 Å². The molecular weight excluding hydrogens is 342 g/mol. The summed E-state index contributed by atoms with van der Waals surface area (Å²) in [4.78, 5) is 25.8. The van der Waals surface area contributed by atoms with Crippen LogP contribution in [-0.2, 0) is 9.53 Å². The van der Waals surface area contributed by atoms with Crippen molar-refractivity contribution in [2.24, 2.45) is 11.3 Å². The van der Waals surface area contributed by atoms with Gasteiger partial charge in [-0.3, -0.25) is 9.59 Å². The number of Topliss-reactive ketones (excluding diaryl/α,β-unsaturated/α-hetero) is 1. The van der Waals surface area contributed by atoms with Gasteiger partial charge in [0.05, 0.1) is 25.7 Å². The van der Waals surface area contributed by atoms with Gasteiger partial charge in [0.1, 0.15) is 5.75 Å². The highest BCUT2D eigenvalue weighted by Gasteiger charge is 2.75. The van der Waals surface area contributed by atoms with E-state index in [0.717, 1.165) is 11.1 Å². The molecule has 1 saturated carbocycles. The molecule has 0 bridgehead atoms. The van der Waals surface area contributed by atoms with Crippen molar-refractivity contribution in [1.29, 1.82) is 5.26 Å². The van der Waals surface area contributed by atoms with Crippen LogP contribution in [0.3, 0.4) is 0 Å². The number of hydrogen-bond acceptors (Lipinski definition) is 5. The number of ether oxygens (including phenoxy) is 2. The minimum Gasteiger partial charge on any atom is -0.497 e. The molecule has 2 aromatic rings. The number of carbonyl (C=O) groups is 2. The second kappa shape index (κ2) is 7.24. The van der Waals surface area contributed by atoms with Crippen LogP contribution in [0.15, 0.2) is 48.5 Å². The zero-order valence-electron chi connectivity index (χ0n) is 15.6. The molecule has 138 valence electrons. The van der Waals surface area contributed by atoms with Crippen molar-refractivity contribution in [2.45, 2.75) is 19.8 Å². The Labute approximate surface area is 158 Å². The number of aryl methyl sites for hydroxylation is 1. The van der Waals surface area contributed by atoms with Crippen molar-refractivity contribution in [3.8, 4) is 11.8 Å². The van der Waals surface area contributed by atoms with Gasteiger partial charge in [0, 0.05) is 11.5 Å². The molecule has 1 fully saturated rings. The van der Waals surface area contributed by atoms with Crippen molar-refractivity contribution in [2.75, 3.05) is 13.7 Å². The molecule has 3 rings (SSSR count). The maximum Gasteiger partial charge on any atom is 0.327 e. The summed E-state index contributed by atoms with van der Waals surface area (Å²) >= 11 is 0. The number of rotatable bonds is 6. The first-order chi connectivity index (χ1) is 13.0. The van der Waals surface area contributed by atoms with Crippen molar-refractivity contribution >= 4 is 11.8 Å². The lowest BCUT2D eigenvalue weighted by molar-refractivity contribution is -0.147. The van der Waals surface area contributed by atoms with Crippen molar-refractivity contribution in [3.63, 3.8) is 0 Å². The molecule has 27 heavy (non-hydrogen) atoms. The van der Waals surface area contributed by atoms with E-state index in [4.69, 9.17) is 9.47 Å². The fourth-order valence-electron chi connectivity index (χ4n) is 3.69. The first kappa shape index (κ1) is 18.7. The number of ketones is 1. The number of carbonyl (C=O) groups excluding carboxylic acids is 2. The smallest absolute Gasteiger partial charge is 0.327 e. The summed E-state index contributed by atoms with van der Waals surface area (Å²) in [5, 5.41) is 9.88. The van der Waals surface area contributed by atoms with Gasteiger partial charge < -0.3 is 9.47 Å². The SMILES string of the molecule is CCOC(=O)C1(C#N)[C@H](C(=O)c2ccc(OC)cc2)[C@H]1c1cccc(C)c1. The quantitative estimate of drug-likeness (QED) is 0.578. The van der Waals surface area contributed by atoms with Gasteiger partial charge in [0.15, 0.2) is 11.2 Å². The largest absolute Gasteiger partial charge is 0.497 e. The Hall–Kier alpha value is -3.13. The van der Waals surface area contributed by atoms with Crippen LogP contribution in [-0.4, -0.2) is 25.5 Å². The molecule has 0 aliphatic heterocycles. The predicted octanol–water partition coefficient (Wildman–Crippen LogP) is 3.67. The van der Waals surface area contributed by atoms with E-state index < -0.39 is 23.2 Å². The summed E-state index contributed by atoms with van der Waals surface area (Å²) in [7, 11) is 1.55. The van der Waals surface area contributed by atoms with Crippen molar-refractivity contribution in [3.05, 3.63) is 65.2 Å². The molecule has 3 atom stereocenters. The second-order valence-electron chi connectivity index (χ2n) is 6.66. The molecule has 0 spiro atoms. The van der Waals surface area contributed by atoms with Gasteiger partial charge in [-0.25, -0.2) is 0 Å². The standard InChI is InChI=1S/C22H21NO4/c1-4-27-21(25)22(13-23)18(16-7-5-6-14(2)12-16)19(22)20(24)15-8-10-17(26-3)11-9-15/h5-12,18-19H,4H2,1-3H3/t18-,19+,22?/m1/s1. The summed E-state index contributed by atoms with van der Waals surface area (Å²) in [5.41, 5.74) is 0.767. The Bertz CT molecular complexity index is 913. The zero-order chi connectivity index (χ0) is 19.6. The lowest BCUT2D eigenvalue weighted by atomic mass is 9.98. The van der Waals surface area contributed by atoms with Crippen LogP contribution in [0.4, 0.5) is 0 Å². The third kappa shape index (κ3) is 3.08. The van der Waals surface area contributed by atoms with Gasteiger partial charge in [-0.05, 0) is 43.7 Å². The Kier molecular flexibility index (Phi) is 5.00. The van der Waals surface area contributed by atoms with E-state index >= 15 is 0 Å². The third-order valence-corrected chi connectivity index (χ3v) is 5.06. The number of hydrogen-bond donors (Lipinski definition) is 0. The first-order valence-electron chi connectivity index (χ1n) is 8.82. The summed E-state index contributed by atoms with van der Waals surface area (Å²) in [6, 6.07) is 16.4. The Morgan fingerprint density at radius 3 is 2.44 bits per heavy atom. The molecule has 5 nitrogen and oxygen atoms in total. The van der Waals surface area contributed by atoms with E-state index in [9.17, 15) is 14.9 Å². The monoisotopic (exact) mass is 363 g/mol. The maximum absolute atomic E-state index is 13.2. The summed E-state index contributed by atoms with van der Waals surface area (Å²) in [6.45, 7) is 3.78. The summed E-state index contributed by atoms with van der Waals surface area (Å²) in [6.07, 6.45) is 0. The van der Waals surface area contributed by atoms with E-state index in [2.05, 4.69) is 6.07 Å². The molecule has 0 radical (unpaired) electrons. The van der Waals surface area contributed by atoms with Crippen LogP contribution in [0.5, 0.6) is 5.75 Å². The van der Waals surface area contributed by atoms with Gasteiger partial charge in [-0.1, -0.05) is 29.8 Å². The highest BCUT2D eigenvalue weighted by atomic mass is 16.5. The van der Waals surface area contributed by atoms with Crippen LogP contribution >= 0.6 is 0 Å². The van der Waals surface area contributed by atoms with E-state index in [1.54, 1.807) is 38.3 Å². The Morgan fingerprint density at radius 1 is 1.19 bits per heavy atom. The first-order valence-corrected chi connectivity index (χ1v) is 8.82. The number of methoxy groups -OCH3 is 1. The summed E-state index contributed by atoms with van der Waals surface area (Å²) in [5.74, 6) is -1.52. The topological polar surface area (TPSA) is 76.4 Å². The van der Waals surface area contributed by atoms with Crippen LogP contribution < -0.4 is 4.74 Å². The molecule has 0 amide bonds. The van der Waals surface area contributed by atoms with Crippen molar-refractivity contribution in [1.82, 2.24) is 0 Å². The minimum atomic E-state index is -1.49. The number of nitrogens with zero attached hydrogens (tertiary/aromatic N) is 1. The lowest BCUT2D eigenvalue weighted by Crippen LogP contribution is -2.23. The summed E-state index contributed by atoms with van der Waals surface area (Å²) < 4.78 is 10.3. The maximum atomic E-state index is 13.2. The van der Waals surface area contributed by atoms with Gasteiger partial charge in [0.2, 0.25) is 0 Å². The minimum absolute atomic E-state index is 0.159. The van der Waals surface area contributed by atoms with E-state index in [1.807, 2.05) is 31.2 Å².